The molecule has 64 valence electrons. The van der Waals surface area contributed by atoms with Gasteiger partial charge in [-0.25, -0.2) is 4.98 Å². The van der Waals surface area contributed by atoms with Gasteiger partial charge in [0.15, 0.2) is 0 Å². The largest absolute Gasteiger partial charge is 0.249 e. The standard InChI is InChI=1S/C10H12BrN/c11-10-7-9(5-6-12-10)8-3-1-2-4-8/h5-8H,1-4H2. The molecule has 12 heavy (non-hydrogen) atoms. The van der Waals surface area contributed by atoms with Crippen molar-refractivity contribution >= 4 is 15.9 Å². The van der Waals surface area contributed by atoms with Crippen molar-refractivity contribution < 1.29 is 0 Å². The summed E-state index contributed by atoms with van der Waals surface area (Å²) < 4.78 is 0.965. The molecule has 1 heterocycles. The first-order valence-electron chi connectivity index (χ1n) is 4.48. The molecule has 0 aliphatic heterocycles. The van der Waals surface area contributed by atoms with Crippen molar-refractivity contribution in [2.24, 2.45) is 0 Å². The molecule has 1 fully saturated rings. The number of hydrogen-bond donors (Lipinski definition) is 0. The molecule has 0 spiro atoms. The van der Waals surface area contributed by atoms with Gasteiger partial charge in [-0.1, -0.05) is 12.8 Å². The Hall–Kier alpha value is -0.370. The van der Waals surface area contributed by atoms with Crippen LogP contribution in [0.5, 0.6) is 0 Å². The molecule has 1 nitrogen and oxygen atoms in total. The molecule has 0 saturated heterocycles. The Balaban J connectivity index is 2.21. The first-order chi connectivity index (χ1) is 5.86. The molecule has 0 N–H and O–H groups in total. The molecule has 1 aliphatic carbocycles. The fraction of sp³-hybridized carbons (Fsp3) is 0.500. The van der Waals surface area contributed by atoms with Gasteiger partial charge in [-0.15, -0.1) is 0 Å². The van der Waals surface area contributed by atoms with Crippen LogP contribution in [0.25, 0.3) is 0 Å². The van der Waals surface area contributed by atoms with Crippen LogP contribution in [0.15, 0.2) is 22.9 Å². The predicted molar refractivity (Wildman–Crippen MR) is 53.1 cm³/mol. The second-order valence-corrected chi connectivity index (χ2v) is 4.21. The van der Waals surface area contributed by atoms with Gasteiger partial charge in [-0.3, -0.25) is 0 Å². The van der Waals surface area contributed by atoms with E-state index in [0.29, 0.717) is 0 Å². The summed E-state index contributed by atoms with van der Waals surface area (Å²) in [6, 6.07) is 4.29. The average Bonchev–Trinajstić information content (AvgIpc) is 2.56. The number of nitrogens with zero attached hydrogens (tertiary/aromatic N) is 1. The minimum absolute atomic E-state index is 0.796. The maximum atomic E-state index is 4.13. The molecule has 0 unspecified atom stereocenters. The molecule has 0 bridgehead atoms. The Bertz CT molecular complexity index is 266. The van der Waals surface area contributed by atoms with Crippen LogP contribution in [0.1, 0.15) is 37.2 Å². The molecule has 0 radical (unpaired) electrons. The molecule has 0 amide bonds. The van der Waals surface area contributed by atoms with Crippen LogP contribution in [0.2, 0.25) is 0 Å². The van der Waals surface area contributed by atoms with Gasteiger partial charge in [0, 0.05) is 6.20 Å². The van der Waals surface area contributed by atoms with E-state index in [0.717, 1.165) is 10.5 Å². The van der Waals surface area contributed by atoms with E-state index in [-0.39, 0.29) is 0 Å². The fourth-order valence-corrected chi connectivity index (χ4v) is 2.31. The van der Waals surface area contributed by atoms with Crippen molar-refractivity contribution in [1.29, 1.82) is 0 Å². The van der Waals surface area contributed by atoms with Gasteiger partial charge in [0.1, 0.15) is 4.60 Å². The molecular weight excluding hydrogens is 214 g/mol. The highest BCUT2D eigenvalue weighted by atomic mass is 79.9. The Labute approximate surface area is 81.3 Å². The summed E-state index contributed by atoms with van der Waals surface area (Å²) in [5.74, 6) is 0.796. The van der Waals surface area contributed by atoms with Gasteiger partial charge in [0.05, 0.1) is 0 Å². The summed E-state index contributed by atoms with van der Waals surface area (Å²) in [6.45, 7) is 0. The number of aromatic nitrogens is 1. The Kier molecular flexibility index (Phi) is 2.45. The van der Waals surface area contributed by atoms with E-state index < -0.39 is 0 Å². The van der Waals surface area contributed by atoms with E-state index in [2.05, 4.69) is 33.0 Å². The molecular formula is C10H12BrN. The smallest absolute Gasteiger partial charge is 0.106 e. The van der Waals surface area contributed by atoms with Crippen LogP contribution >= 0.6 is 15.9 Å². The zero-order chi connectivity index (χ0) is 8.39. The highest BCUT2D eigenvalue weighted by molar-refractivity contribution is 9.10. The lowest BCUT2D eigenvalue weighted by Gasteiger charge is -2.08. The molecule has 2 heteroatoms. The van der Waals surface area contributed by atoms with Crippen LogP contribution in [0.4, 0.5) is 0 Å². The first kappa shape index (κ1) is 8.24. The van der Waals surface area contributed by atoms with E-state index in [1.807, 2.05) is 6.20 Å². The van der Waals surface area contributed by atoms with Crippen LogP contribution in [0, 0.1) is 0 Å². The van der Waals surface area contributed by atoms with E-state index >= 15 is 0 Å². The SMILES string of the molecule is Brc1cc(C2CCCC2)ccn1. The van der Waals surface area contributed by atoms with Gasteiger partial charge < -0.3 is 0 Å². The van der Waals surface area contributed by atoms with Gasteiger partial charge >= 0.3 is 0 Å². The van der Waals surface area contributed by atoms with E-state index in [4.69, 9.17) is 0 Å². The van der Waals surface area contributed by atoms with Crippen LogP contribution in [-0.4, -0.2) is 4.98 Å². The van der Waals surface area contributed by atoms with Gasteiger partial charge in [-0.2, -0.15) is 0 Å². The number of rotatable bonds is 1. The molecule has 0 aromatic carbocycles. The molecule has 2 rings (SSSR count). The Morgan fingerprint density at radius 1 is 1.33 bits per heavy atom. The first-order valence-corrected chi connectivity index (χ1v) is 5.27. The summed E-state index contributed by atoms with van der Waals surface area (Å²) in [4.78, 5) is 4.13. The fourth-order valence-electron chi connectivity index (χ4n) is 1.93. The topological polar surface area (TPSA) is 12.9 Å². The molecule has 1 aliphatic rings. The Morgan fingerprint density at radius 2 is 2.08 bits per heavy atom. The number of halogens is 1. The summed E-state index contributed by atoms with van der Waals surface area (Å²) in [5, 5.41) is 0. The summed E-state index contributed by atoms with van der Waals surface area (Å²) >= 11 is 3.40. The third-order valence-corrected chi connectivity index (χ3v) is 3.01. The second-order valence-electron chi connectivity index (χ2n) is 3.39. The lowest BCUT2D eigenvalue weighted by Crippen LogP contribution is -1.92. The minimum atomic E-state index is 0.796. The zero-order valence-corrected chi connectivity index (χ0v) is 8.55. The summed E-state index contributed by atoms with van der Waals surface area (Å²) in [5.41, 5.74) is 1.45. The van der Waals surface area contributed by atoms with Crippen molar-refractivity contribution in [3.05, 3.63) is 28.5 Å². The average molecular weight is 226 g/mol. The van der Waals surface area contributed by atoms with Crippen LogP contribution in [0.3, 0.4) is 0 Å². The highest BCUT2D eigenvalue weighted by Gasteiger charge is 2.16. The quantitative estimate of drug-likeness (QED) is 0.668. The van der Waals surface area contributed by atoms with E-state index in [9.17, 15) is 0 Å². The van der Waals surface area contributed by atoms with Crippen molar-refractivity contribution in [3.63, 3.8) is 0 Å². The van der Waals surface area contributed by atoms with Crippen LogP contribution < -0.4 is 0 Å². The lowest BCUT2D eigenvalue weighted by molar-refractivity contribution is 0.721. The Morgan fingerprint density at radius 3 is 2.75 bits per heavy atom. The normalized spacial score (nSPS) is 18.4. The number of hydrogen-bond acceptors (Lipinski definition) is 1. The van der Waals surface area contributed by atoms with Crippen molar-refractivity contribution in [2.75, 3.05) is 0 Å². The number of pyridine rings is 1. The maximum Gasteiger partial charge on any atom is 0.106 e. The maximum absolute atomic E-state index is 4.13. The van der Waals surface area contributed by atoms with Gasteiger partial charge in [0.2, 0.25) is 0 Å². The van der Waals surface area contributed by atoms with Crippen molar-refractivity contribution in [3.8, 4) is 0 Å². The summed E-state index contributed by atoms with van der Waals surface area (Å²) in [6.07, 6.45) is 7.39. The molecule has 1 aromatic rings. The molecule has 0 atom stereocenters. The molecule has 1 aromatic heterocycles. The third-order valence-electron chi connectivity index (χ3n) is 2.58. The summed E-state index contributed by atoms with van der Waals surface area (Å²) in [7, 11) is 0. The predicted octanol–water partition coefficient (Wildman–Crippen LogP) is 3.50. The lowest BCUT2D eigenvalue weighted by atomic mass is 9.99. The monoisotopic (exact) mass is 225 g/mol. The molecule has 1 saturated carbocycles. The van der Waals surface area contributed by atoms with Crippen molar-refractivity contribution in [1.82, 2.24) is 4.98 Å². The zero-order valence-electron chi connectivity index (χ0n) is 6.96. The minimum Gasteiger partial charge on any atom is -0.249 e. The van der Waals surface area contributed by atoms with Crippen molar-refractivity contribution in [2.45, 2.75) is 31.6 Å². The van der Waals surface area contributed by atoms with Crippen LogP contribution in [-0.2, 0) is 0 Å². The van der Waals surface area contributed by atoms with Gasteiger partial charge in [0.25, 0.3) is 0 Å². The van der Waals surface area contributed by atoms with E-state index in [1.165, 1.54) is 31.2 Å². The van der Waals surface area contributed by atoms with E-state index in [1.54, 1.807) is 0 Å². The highest BCUT2D eigenvalue weighted by Crippen LogP contribution is 2.34. The second kappa shape index (κ2) is 3.56. The van der Waals surface area contributed by atoms with Gasteiger partial charge in [-0.05, 0) is 52.4 Å². The third kappa shape index (κ3) is 1.69.